The predicted molar refractivity (Wildman–Crippen MR) is 98.7 cm³/mol. The van der Waals surface area contributed by atoms with Crippen LogP contribution in [0.5, 0.6) is 0 Å². The number of carbonyl (C=O) groups excluding carboxylic acids is 1. The van der Waals surface area contributed by atoms with Crippen LogP contribution in [-0.2, 0) is 11.2 Å². The maximum atomic E-state index is 13.2. The summed E-state index contributed by atoms with van der Waals surface area (Å²) in [5.41, 5.74) is 1.79. The van der Waals surface area contributed by atoms with E-state index in [1.54, 1.807) is 18.2 Å². The molecule has 0 aliphatic carbocycles. The molecule has 1 aliphatic rings. The molecule has 3 rings (SSSR count). The Morgan fingerprint density at radius 2 is 2.04 bits per heavy atom. The second kappa shape index (κ2) is 8.17. The van der Waals surface area contributed by atoms with Crippen LogP contribution in [0.2, 0.25) is 10.0 Å². The zero-order chi connectivity index (χ0) is 17.8. The fourth-order valence-corrected chi connectivity index (χ4v) is 3.79. The number of halogens is 3. The Hall–Kier alpha value is -1.62. The van der Waals surface area contributed by atoms with Crippen LogP contribution in [0.3, 0.4) is 0 Å². The number of hydrogen-bond donors (Lipinski definition) is 2. The Bertz CT molecular complexity index is 769. The van der Waals surface area contributed by atoms with Crippen LogP contribution in [-0.4, -0.2) is 25.5 Å². The van der Waals surface area contributed by atoms with Crippen LogP contribution >= 0.6 is 23.2 Å². The van der Waals surface area contributed by atoms with E-state index < -0.39 is 0 Å². The molecular weight excluding hydrogens is 362 g/mol. The molecule has 0 spiro atoms. The lowest BCUT2D eigenvalue weighted by Crippen LogP contribution is -2.35. The normalized spacial score (nSPS) is 19.8. The largest absolute Gasteiger partial charge is 0.355 e. The van der Waals surface area contributed by atoms with Crippen molar-refractivity contribution in [3.63, 3.8) is 0 Å². The summed E-state index contributed by atoms with van der Waals surface area (Å²) < 4.78 is 13.2. The van der Waals surface area contributed by atoms with Gasteiger partial charge in [-0.05, 0) is 41.8 Å². The van der Waals surface area contributed by atoms with Crippen molar-refractivity contribution in [1.29, 1.82) is 0 Å². The van der Waals surface area contributed by atoms with E-state index in [9.17, 15) is 9.18 Å². The Balaban J connectivity index is 1.61. The first-order valence-electron chi connectivity index (χ1n) is 8.22. The maximum absolute atomic E-state index is 13.2. The van der Waals surface area contributed by atoms with Crippen molar-refractivity contribution in [2.45, 2.75) is 12.3 Å². The first kappa shape index (κ1) is 18.2. The van der Waals surface area contributed by atoms with Crippen molar-refractivity contribution in [3.8, 4) is 0 Å². The van der Waals surface area contributed by atoms with E-state index in [0.29, 0.717) is 36.1 Å². The van der Waals surface area contributed by atoms with E-state index in [4.69, 9.17) is 23.2 Å². The number of benzene rings is 2. The predicted octanol–water partition coefficient (Wildman–Crippen LogP) is 3.79. The van der Waals surface area contributed by atoms with Crippen LogP contribution in [0.4, 0.5) is 4.39 Å². The average Bonchev–Trinajstić information content (AvgIpc) is 3.04. The summed E-state index contributed by atoms with van der Waals surface area (Å²) >= 11 is 12.3. The SMILES string of the molecule is O=C(NCCc1cccc(F)c1)[C@@H]1CNC[C@H]1c1ccc(Cl)cc1Cl. The first-order chi connectivity index (χ1) is 12.0. The summed E-state index contributed by atoms with van der Waals surface area (Å²) in [4.78, 5) is 12.6. The van der Waals surface area contributed by atoms with Crippen LogP contribution in [0.1, 0.15) is 17.0 Å². The van der Waals surface area contributed by atoms with Crippen molar-refractivity contribution in [3.05, 3.63) is 69.5 Å². The lowest BCUT2D eigenvalue weighted by atomic mass is 9.88. The van der Waals surface area contributed by atoms with E-state index in [0.717, 1.165) is 11.1 Å². The summed E-state index contributed by atoms with van der Waals surface area (Å²) in [6, 6.07) is 11.8. The van der Waals surface area contributed by atoms with E-state index >= 15 is 0 Å². The third-order valence-electron chi connectivity index (χ3n) is 4.51. The molecule has 0 unspecified atom stereocenters. The number of nitrogens with one attached hydrogen (secondary N) is 2. The minimum Gasteiger partial charge on any atom is -0.355 e. The zero-order valence-corrected chi connectivity index (χ0v) is 15.1. The molecule has 0 saturated carbocycles. The zero-order valence-electron chi connectivity index (χ0n) is 13.6. The van der Waals surface area contributed by atoms with Gasteiger partial charge in [0.15, 0.2) is 0 Å². The molecule has 1 fully saturated rings. The third kappa shape index (κ3) is 4.51. The molecule has 3 nitrogen and oxygen atoms in total. The minimum absolute atomic E-state index is 0.0129. The molecule has 1 heterocycles. The van der Waals surface area contributed by atoms with Gasteiger partial charge in [-0.1, -0.05) is 41.4 Å². The summed E-state index contributed by atoms with van der Waals surface area (Å²) in [5, 5.41) is 7.37. The maximum Gasteiger partial charge on any atom is 0.225 e. The standard InChI is InChI=1S/C19H19Cl2FN2O/c20-13-4-5-15(18(21)9-13)16-10-23-11-17(16)19(25)24-7-6-12-2-1-3-14(22)8-12/h1-5,8-9,16-17,23H,6-7,10-11H2,(H,24,25)/t16-,17+/m0/s1. The lowest BCUT2D eigenvalue weighted by Gasteiger charge is -2.20. The Morgan fingerprint density at radius 3 is 2.80 bits per heavy atom. The monoisotopic (exact) mass is 380 g/mol. The van der Waals surface area contributed by atoms with Crippen molar-refractivity contribution in [1.82, 2.24) is 10.6 Å². The molecule has 1 saturated heterocycles. The van der Waals surface area contributed by atoms with Gasteiger partial charge >= 0.3 is 0 Å². The van der Waals surface area contributed by atoms with Crippen molar-refractivity contribution in [2.24, 2.45) is 5.92 Å². The molecule has 1 aliphatic heterocycles. The number of amides is 1. The molecule has 25 heavy (non-hydrogen) atoms. The van der Waals surface area contributed by atoms with Crippen LogP contribution in [0, 0.1) is 11.7 Å². The third-order valence-corrected chi connectivity index (χ3v) is 5.08. The van der Waals surface area contributed by atoms with Gasteiger partial charge in [0.1, 0.15) is 5.82 Å². The minimum atomic E-state index is -0.263. The van der Waals surface area contributed by atoms with Gasteiger partial charge in [-0.2, -0.15) is 0 Å². The van der Waals surface area contributed by atoms with Crippen LogP contribution in [0.25, 0.3) is 0 Å². The van der Waals surface area contributed by atoms with Gasteiger partial charge in [0, 0.05) is 35.6 Å². The highest BCUT2D eigenvalue weighted by Gasteiger charge is 2.34. The summed E-state index contributed by atoms with van der Waals surface area (Å²) in [6.45, 7) is 1.78. The summed E-state index contributed by atoms with van der Waals surface area (Å²) in [5.74, 6) is -0.455. The van der Waals surface area contributed by atoms with E-state index in [1.165, 1.54) is 12.1 Å². The number of rotatable bonds is 5. The molecule has 0 bridgehead atoms. The van der Waals surface area contributed by atoms with Crippen molar-refractivity contribution in [2.75, 3.05) is 19.6 Å². The molecule has 2 aromatic rings. The first-order valence-corrected chi connectivity index (χ1v) is 8.98. The van der Waals surface area contributed by atoms with Gasteiger partial charge in [0.2, 0.25) is 5.91 Å². The smallest absolute Gasteiger partial charge is 0.225 e. The topological polar surface area (TPSA) is 41.1 Å². The van der Waals surface area contributed by atoms with Crippen LogP contribution in [0.15, 0.2) is 42.5 Å². The van der Waals surface area contributed by atoms with Crippen molar-refractivity contribution < 1.29 is 9.18 Å². The molecule has 0 aromatic heterocycles. The van der Waals surface area contributed by atoms with Crippen LogP contribution < -0.4 is 10.6 Å². The fourth-order valence-electron chi connectivity index (χ4n) is 3.24. The second-order valence-corrected chi connectivity index (χ2v) is 7.05. The Labute approximate surface area is 156 Å². The quantitative estimate of drug-likeness (QED) is 0.828. The molecule has 2 atom stereocenters. The second-order valence-electron chi connectivity index (χ2n) is 6.21. The van der Waals surface area contributed by atoms with Gasteiger partial charge in [0.05, 0.1) is 5.92 Å². The number of hydrogen-bond acceptors (Lipinski definition) is 2. The Kier molecular flexibility index (Phi) is 5.94. The Morgan fingerprint density at radius 1 is 1.20 bits per heavy atom. The molecule has 2 N–H and O–H groups in total. The van der Waals surface area contributed by atoms with Crippen molar-refractivity contribution >= 4 is 29.1 Å². The lowest BCUT2D eigenvalue weighted by molar-refractivity contribution is -0.124. The molecular formula is C19H19Cl2FN2O. The molecule has 0 radical (unpaired) electrons. The van der Waals surface area contributed by atoms with E-state index in [-0.39, 0.29) is 23.6 Å². The van der Waals surface area contributed by atoms with Gasteiger partial charge < -0.3 is 10.6 Å². The highest BCUT2D eigenvalue weighted by Crippen LogP contribution is 2.34. The fraction of sp³-hybridized carbons (Fsp3) is 0.316. The average molecular weight is 381 g/mol. The highest BCUT2D eigenvalue weighted by atomic mass is 35.5. The highest BCUT2D eigenvalue weighted by molar-refractivity contribution is 6.35. The van der Waals surface area contributed by atoms with Gasteiger partial charge in [-0.15, -0.1) is 0 Å². The van der Waals surface area contributed by atoms with Gasteiger partial charge in [-0.25, -0.2) is 4.39 Å². The molecule has 2 aromatic carbocycles. The molecule has 132 valence electrons. The molecule has 1 amide bonds. The summed E-state index contributed by atoms with van der Waals surface area (Å²) in [7, 11) is 0. The van der Waals surface area contributed by atoms with Gasteiger partial charge in [0.25, 0.3) is 0 Å². The number of carbonyl (C=O) groups is 1. The summed E-state index contributed by atoms with van der Waals surface area (Å²) in [6.07, 6.45) is 0.593. The van der Waals surface area contributed by atoms with E-state index in [2.05, 4.69) is 10.6 Å². The van der Waals surface area contributed by atoms with Gasteiger partial charge in [-0.3, -0.25) is 4.79 Å². The van der Waals surface area contributed by atoms with E-state index in [1.807, 2.05) is 12.1 Å². The molecule has 6 heteroatoms.